The van der Waals surface area contributed by atoms with Crippen LogP contribution in [0.2, 0.25) is 5.02 Å². The minimum absolute atomic E-state index is 0.146. The lowest BCUT2D eigenvalue weighted by atomic mass is 10.1. The summed E-state index contributed by atoms with van der Waals surface area (Å²) in [5.41, 5.74) is 1.24. The molecule has 1 saturated heterocycles. The molecule has 0 unspecified atom stereocenters. The SMILES string of the molecule is C[C@H]1CSc2ccc(S(=O)(=O)N3CCCC3)cc2N(CC(=O)NCc2ccccc2Cl)C1=O. The fourth-order valence-electron chi connectivity index (χ4n) is 3.94. The van der Waals surface area contributed by atoms with Crippen LogP contribution in [-0.4, -0.2) is 49.9 Å². The molecule has 0 spiro atoms. The number of hydrogen-bond acceptors (Lipinski definition) is 5. The fourth-order valence-corrected chi connectivity index (χ4v) is 6.73. The van der Waals surface area contributed by atoms with E-state index in [0.717, 1.165) is 23.3 Å². The third kappa shape index (κ3) is 5.21. The van der Waals surface area contributed by atoms with E-state index in [-0.39, 0.29) is 35.7 Å². The lowest BCUT2D eigenvalue weighted by molar-refractivity contribution is -0.125. The number of amides is 2. The first-order valence-electron chi connectivity index (χ1n) is 10.9. The molecule has 0 radical (unpaired) electrons. The van der Waals surface area contributed by atoms with E-state index in [1.807, 2.05) is 25.1 Å². The van der Waals surface area contributed by atoms with Gasteiger partial charge in [0.25, 0.3) is 0 Å². The van der Waals surface area contributed by atoms with Gasteiger partial charge in [-0.05, 0) is 42.7 Å². The van der Waals surface area contributed by atoms with Crippen molar-refractivity contribution in [3.63, 3.8) is 0 Å². The van der Waals surface area contributed by atoms with Crippen molar-refractivity contribution in [3.8, 4) is 0 Å². The summed E-state index contributed by atoms with van der Waals surface area (Å²) in [6.07, 6.45) is 1.68. The van der Waals surface area contributed by atoms with Gasteiger partial charge >= 0.3 is 0 Å². The van der Waals surface area contributed by atoms with E-state index >= 15 is 0 Å². The zero-order valence-electron chi connectivity index (χ0n) is 18.3. The van der Waals surface area contributed by atoms with Gasteiger partial charge in [0.2, 0.25) is 21.8 Å². The summed E-state index contributed by atoms with van der Waals surface area (Å²) in [4.78, 5) is 28.3. The molecule has 0 bridgehead atoms. The summed E-state index contributed by atoms with van der Waals surface area (Å²) in [6, 6.07) is 12.1. The summed E-state index contributed by atoms with van der Waals surface area (Å²) in [6.45, 7) is 2.85. The summed E-state index contributed by atoms with van der Waals surface area (Å²) >= 11 is 7.66. The highest BCUT2D eigenvalue weighted by Crippen LogP contribution is 2.38. The van der Waals surface area contributed by atoms with Crippen LogP contribution in [0.25, 0.3) is 0 Å². The second-order valence-corrected chi connectivity index (χ2v) is 11.7. The molecule has 1 N–H and O–H groups in total. The zero-order valence-corrected chi connectivity index (χ0v) is 20.7. The number of fused-ring (bicyclic) bond motifs is 1. The van der Waals surface area contributed by atoms with E-state index in [1.165, 1.54) is 27.0 Å². The minimum atomic E-state index is -3.65. The number of hydrogen-bond donors (Lipinski definition) is 1. The quantitative estimate of drug-likeness (QED) is 0.646. The van der Waals surface area contributed by atoms with Gasteiger partial charge in [0.15, 0.2) is 0 Å². The Labute approximate surface area is 203 Å². The number of nitrogens with one attached hydrogen (secondary N) is 1. The number of halogens is 1. The van der Waals surface area contributed by atoms with Crippen molar-refractivity contribution in [2.45, 2.75) is 36.1 Å². The minimum Gasteiger partial charge on any atom is -0.350 e. The van der Waals surface area contributed by atoms with E-state index in [1.54, 1.807) is 18.2 Å². The molecule has 7 nitrogen and oxygen atoms in total. The summed E-state index contributed by atoms with van der Waals surface area (Å²) < 4.78 is 27.7. The standard InChI is InChI=1S/C23H26ClN3O4S2/c1-16-15-32-21-9-8-18(33(30,31)26-10-4-5-11-26)12-20(21)27(23(16)29)14-22(28)25-13-17-6-2-3-7-19(17)24/h2-3,6-9,12,16H,4-5,10-11,13-15H2,1H3,(H,25,28)/t16-/m0/s1. The Balaban J connectivity index is 1.59. The number of benzene rings is 2. The Morgan fingerprint density at radius 1 is 1.18 bits per heavy atom. The van der Waals surface area contributed by atoms with Crippen LogP contribution in [0.1, 0.15) is 25.3 Å². The first-order chi connectivity index (χ1) is 15.8. The second-order valence-electron chi connectivity index (χ2n) is 8.25. The van der Waals surface area contributed by atoms with E-state index in [2.05, 4.69) is 5.32 Å². The number of thioether (sulfide) groups is 1. The van der Waals surface area contributed by atoms with Crippen LogP contribution in [0.5, 0.6) is 0 Å². The maximum absolute atomic E-state index is 13.1. The second kappa shape index (κ2) is 10.0. The molecule has 0 aliphatic carbocycles. The molecule has 2 aliphatic heterocycles. The van der Waals surface area contributed by atoms with Crippen LogP contribution < -0.4 is 10.2 Å². The van der Waals surface area contributed by atoms with Crippen LogP contribution in [-0.2, 0) is 26.2 Å². The molecular formula is C23H26ClN3O4S2. The third-order valence-corrected chi connectivity index (χ3v) is 9.42. The monoisotopic (exact) mass is 507 g/mol. The maximum atomic E-state index is 13.1. The molecule has 2 aromatic carbocycles. The van der Waals surface area contributed by atoms with Crippen LogP contribution >= 0.6 is 23.4 Å². The number of rotatable bonds is 6. The van der Waals surface area contributed by atoms with Crippen molar-refractivity contribution >= 4 is 50.9 Å². The number of sulfonamides is 1. The molecule has 2 aliphatic rings. The zero-order chi connectivity index (χ0) is 23.6. The normalized spacial score (nSPS) is 19.3. The van der Waals surface area contributed by atoms with Crippen LogP contribution in [0.3, 0.4) is 0 Å². The number of carbonyl (C=O) groups excluding carboxylic acids is 2. The predicted molar refractivity (Wildman–Crippen MR) is 130 cm³/mol. The van der Waals surface area contributed by atoms with E-state index in [0.29, 0.717) is 29.6 Å². The molecular weight excluding hydrogens is 482 g/mol. The molecule has 0 saturated carbocycles. The van der Waals surface area contributed by atoms with Gasteiger partial charge in [-0.3, -0.25) is 9.59 Å². The average Bonchev–Trinajstić information content (AvgIpc) is 3.32. The Hall–Kier alpha value is -2.07. The van der Waals surface area contributed by atoms with Crippen molar-refractivity contribution in [1.82, 2.24) is 9.62 Å². The molecule has 2 aromatic rings. The van der Waals surface area contributed by atoms with Gasteiger partial charge in [0.1, 0.15) is 6.54 Å². The van der Waals surface area contributed by atoms with E-state index in [9.17, 15) is 18.0 Å². The molecule has 33 heavy (non-hydrogen) atoms. The molecule has 0 aromatic heterocycles. The first-order valence-corrected chi connectivity index (χ1v) is 13.7. The Morgan fingerprint density at radius 3 is 2.64 bits per heavy atom. The summed E-state index contributed by atoms with van der Waals surface area (Å²) in [5.74, 6) is -0.301. The van der Waals surface area contributed by atoms with Crippen molar-refractivity contribution in [2.75, 3.05) is 30.3 Å². The highest BCUT2D eigenvalue weighted by atomic mass is 35.5. The summed E-state index contributed by atoms with van der Waals surface area (Å²) in [5, 5.41) is 3.36. The topological polar surface area (TPSA) is 86.8 Å². The van der Waals surface area contributed by atoms with Gasteiger partial charge in [-0.1, -0.05) is 36.7 Å². The first kappa shape index (κ1) is 24.1. The molecule has 2 heterocycles. The van der Waals surface area contributed by atoms with Gasteiger partial charge in [0, 0.05) is 41.2 Å². The van der Waals surface area contributed by atoms with Crippen molar-refractivity contribution in [2.24, 2.45) is 5.92 Å². The van der Waals surface area contributed by atoms with Crippen molar-refractivity contribution < 1.29 is 18.0 Å². The number of carbonyl (C=O) groups is 2. The fraction of sp³-hybridized carbons (Fsp3) is 0.391. The van der Waals surface area contributed by atoms with Gasteiger partial charge in [-0.15, -0.1) is 11.8 Å². The molecule has 10 heteroatoms. The molecule has 1 fully saturated rings. The lowest BCUT2D eigenvalue weighted by Crippen LogP contribution is -2.43. The van der Waals surface area contributed by atoms with Gasteiger partial charge in [-0.25, -0.2) is 8.42 Å². The molecule has 2 amide bonds. The maximum Gasteiger partial charge on any atom is 0.243 e. The largest absolute Gasteiger partial charge is 0.350 e. The summed E-state index contributed by atoms with van der Waals surface area (Å²) in [7, 11) is -3.65. The van der Waals surface area contributed by atoms with Crippen LogP contribution in [0.15, 0.2) is 52.3 Å². The average molecular weight is 508 g/mol. The molecule has 4 rings (SSSR count). The Kier molecular flexibility index (Phi) is 7.33. The predicted octanol–water partition coefficient (Wildman–Crippen LogP) is 3.52. The molecule has 176 valence electrons. The number of nitrogens with zero attached hydrogens (tertiary/aromatic N) is 2. The van der Waals surface area contributed by atoms with Crippen molar-refractivity contribution in [3.05, 3.63) is 53.1 Å². The van der Waals surface area contributed by atoms with Gasteiger partial charge < -0.3 is 10.2 Å². The number of anilines is 1. The lowest BCUT2D eigenvalue weighted by Gasteiger charge is -2.25. The van der Waals surface area contributed by atoms with E-state index < -0.39 is 10.0 Å². The van der Waals surface area contributed by atoms with Gasteiger partial charge in [0.05, 0.1) is 10.6 Å². The molecule has 1 atom stereocenters. The Bertz CT molecular complexity index is 1170. The third-order valence-electron chi connectivity index (χ3n) is 5.84. The van der Waals surface area contributed by atoms with Crippen LogP contribution in [0, 0.1) is 5.92 Å². The van der Waals surface area contributed by atoms with E-state index in [4.69, 9.17) is 11.6 Å². The highest BCUT2D eigenvalue weighted by molar-refractivity contribution is 7.99. The van der Waals surface area contributed by atoms with Gasteiger partial charge in [-0.2, -0.15) is 4.31 Å². The smallest absolute Gasteiger partial charge is 0.243 e. The van der Waals surface area contributed by atoms with Crippen molar-refractivity contribution in [1.29, 1.82) is 0 Å². The Morgan fingerprint density at radius 2 is 1.91 bits per heavy atom. The van der Waals surface area contributed by atoms with Crippen LogP contribution in [0.4, 0.5) is 5.69 Å². The highest BCUT2D eigenvalue weighted by Gasteiger charge is 2.33.